The summed E-state index contributed by atoms with van der Waals surface area (Å²) in [6, 6.07) is 10.1. The highest BCUT2D eigenvalue weighted by Gasteiger charge is 1.95. The first-order valence-electron chi connectivity index (χ1n) is 5.63. The van der Waals surface area contributed by atoms with Gasteiger partial charge in [0.2, 0.25) is 0 Å². The van der Waals surface area contributed by atoms with Crippen molar-refractivity contribution in [1.29, 1.82) is 0 Å². The van der Waals surface area contributed by atoms with E-state index in [2.05, 4.69) is 9.47 Å². The van der Waals surface area contributed by atoms with Crippen molar-refractivity contribution in [2.45, 2.75) is 50.2 Å². The van der Waals surface area contributed by atoms with Gasteiger partial charge in [0.25, 0.3) is 0 Å². The molecule has 4 heteroatoms. The average molecular weight is 320 g/mol. The Morgan fingerprint density at radius 3 is 2.05 bits per heavy atom. The first-order valence-corrected chi connectivity index (χ1v) is 6.10. The van der Waals surface area contributed by atoms with Crippen molar-refractivity contribution in [3.63, 3.8) is 0 Å². The maximum Gasteiger partial charge on any atom is 0.125 e. The van der Waals surface area contributed by atoms with E-state index in [0.29, 0.717) is 19.8 Å². The zero-order valence-corrected chi connectivity index (χ0v) is 11.6. The van der Waals surface area contributed by atoms with Crippen molar-refractivity contribution in [3.05, 3.63) is 35.9 Å². The second kappa shape index (κ2) is 24.3. The molecule has 3 nitrogen and oxygen atoms in total. The number of carbonyl (C=O) groups excluding carboxylic acids is 1. The minimum Gasteiger partial charge on any atom is -0.381 e. The summed E-state index contributed by atoms with van der Waals surface area (Å²) in [5.74, 6) is 0.0509. The second-order valence-electron chi connectivity index (χ2n) is 3.57. The minimum absolute atomic E-state index is 0. The molecule has 0 aromatic heterocycles. The lowest BCUT2D eigenvalue weighted by molar-refractivity contribution is -0.112. The van der Waals surface area contributed by atoms with Gasteiger partial charge >= 0.3 is 0 Å². The molecule has 0 aliphatic heterocycles. The summed E-state index contributed by atoms with van der Waals surface area (Å²) in [5, 5.41) is 0. The fourth-order valence-corrected chi connectivity index (χ4v) is 1.21. The van der Waals surface area contributed by atoms with Gasteiger partial charge in [0.1, 0.15) is 6.29 Å². The summed E-state index contributed by atoms with van der Waals surface area (Å²) < 4.78 is 9.80. The van der Waals surface area contributed by atoms with Crippen molar-refractivity contribution in [2.24, 2.45) is 5.92 Å². The van der Waals surface area contributed by atoms with E-state index in [4.69, 9.17) is 9.26 Å². The van der Waals surface area contributed by atoms with Gasteiger partial charge in [-0.25, -0.2) is 0 Å². The number of ether oxygens (including phenoxy) is 1. The van der Waals surface area contributed by atoms with Crippen molar-refractivity contribution < 1.29 is 14.1 Å². The van der Waals surface area contributed by atoms with Crippen LogP contribution in [0.5, 0.6) is 0 Å². The van der Waals surface area contributed by atoms with Gasteiger partial charge < -0.3 is 14.1 Å². The smallest absolute Gasteiger partial charge is 0.125 e. The molecule has 0 amide bonds. The van der Waals surface area contributed by atoms with Gasteiger partial charge in [-0.05, 0) is 12.5 Å². The standard InChI is InChI=1S/C7H9OP.C6H12O2.4CH4/c9-8-6-7-4-2-1-3-5-7;1-3-8-5-6(2)4-7;;;;/h1-5H,6,9H2;4,6H,3,5H2,1-2H3;4*1H4. The van der Waals surface area contributed by atoms with Crippen LogP contribution in [-0.4, -0.2) is 19.5 Å². The molecule has 0 N–H and O–H groups in total. The van der Waals surface area contributed by atoms with Crippen LogP contribution in [0.3, 0.4) is 0 Å². The second-order valence-corrected chi connectivity index (χ2v) is 3.90. The van der Waals surface area contributed by atoms with Gasteiger partial charge in [-0.2, -0.15) is 0 Å². The third-order valence-electron chi connectivity index (χ3n) is 1.91. The summed E-state index contributed by atoms with van der Waals surface area (Å²) in [6.07, 6.45) is 0.898. The Morgan fingerprint density at radius 1 is 1.14 bits per heavy atom. The van der Waals surface area contributed by atoms with Gasteiger partial charge in [-0.3, -0.25) is 0 Å². The molecule has 0 saturated carbocycles. The SMILES string of the molecule is C.C.C.C.CCOCC(C)C=O.POCc1ccccc1. The number of carbonyl (C=O) groups is 1. The Morgan fingerprint density at radius 2 is 1.67 bits per heavy atom. The van der Waals surface area contributed by atoms with Crippen molar-refractivity contribution in [3.8, 4) is 0 Å². The van der Waals surface area contributed by atoms with E-state index in [-0.39, 0.29) is 35.6 Å². The molecular formula is C17H37O3P. The maximum atomic E-state index is 9.93. The molecule has 2 unspecified atom stereocenters. The van der Waals surface area contributed by atoms with Crippen LogP contribution >= 0.6 is 9.47 Å². The molecule has 2 atom stereocenters. The number of benzene rings is 1. The molecule has 1 aromatic rings. The number of hydrogen-bond donors (Lipinski definition) is 0. The maximum absolute atomic E-state index is 9.93. The van der Waals surface area contributed by atoms with Crippen LogP contribution in [0.4, 0.5) is 0 Å². The summed E-state index contributed by atoms with van der Waals surface area (Å²) in [6.45, 7) is 5.67. The van der Waals surface area contributed by atoms with Gasteiger partial charge in [0.05, 0.1) is 13.2 Å². The Hall–Kier alpha value is -0.760. The van der Waals surface area contributed by atoms with E-state index in [1.165, 1.54) is 5.56 Å². The predicted molar refractivity (Wildman–Crippen MR) is 99.6 cm³/mol. The lowest BCUT2D eigenvalue weighted by Crippen LogP contribution is -2.05. The van der Waals surface area contributed by atoms with E-state index >= 15 is 0 Å². The largest absolute Gasteiger partial charge is 0.381 e. The highest BCUT2D eigenvalue weighted by atomic mass is 31.0. The van der Waals surface area contributed by atoms with E-state index in [1.54, 1.807) is 0 Å². The molecule has 0 aliphatic carbocycles. The zero-order chi connectivity index (χ0) is 12.9. The van der Waals surface area contributed by atoms with E-state index in [0.717, 1.165) is 6.29 Å². The summed E-state index contributed by atoms with van der Waals surface area (Å²) in [5.41, 5.74) is 1.20. The minimum atomic E-state index is 0. The quantitative estimate of drug-likeness (QED) is 0.520. The first-order chi connectivity index (χ1) is 8.24. The van der Waals surface area contributed by atoms with Gasteiger partial charge in [0, 0.05) is 22.0 Å². The molecule has 1 aromatic carbocycles. The summed E-state index contributed by atoms with van der Waals surface area (Å²) in [4.78, 5) is 9.93. The molecule has 0 bridgehead atoms. The predicted octanol–water partition coefficient (Wildman–Crippen LogP) is 5.40. The Balaban J connectivity index is -0.0000000687. The van der Waals surface area contributed by atoms with Crippen LogP contribution in [0.1, 0.15) is 49.1 Å². The Labute approximate surface area is 135 Å². The van der Waals surface area contributed by atoms with Crippen molar-refractivity contribution in [2.75, 3.05) is 13.2 Å². The van der Waals surface area contributed by atoms with Gasteiger partial charge in [0.15, 0.2) is 0 Å². The molecule has 0 fully saturated rings. The van der Waals surface area contributed by atoms with E-state index in [1.807, 2.05) is 44.2 Å². The lowest BCUT2D eigenvalue weighted by Gasteiger charge is -2.00. The molecule has 21 heavy (non-hydrogen) atoms. The lowest BCUT2D eigenvalue weighted by atomic mass is 10.2. The fraction of sp³-hybridized carbons (Fsp3) is 0.588. The highest BCUT2D eigenvalue weighted by molar-refractivity contribution is 7.09. The van der Waals surface area contributed by atoms with Gasteiger partial charge in [-0.1, -0.05) is 67.0 Å². The Bertz CT molecular complexity index is 279. The molecule has 0 saturated heterocycles. The molecule has 0 spiro atoms. The monoisotopic (exact) mass is 320 g/mol. The van der Waals surface area contributed by atoms with Crippen LogP contribution in [0.15, 0.2) is 30.3 Å². The van der Waals surface area contributed by atoms with Crippen molar-refractivity contribution >= 4 is 15.8 Å². The molecule has 1 rings (SSSR count). The molecule has 0 heterocycles. The molecule has 0 radical (unpaired) electrons. The summed E-state index contributed by atoms with van der Waals surface area (Å²) >= 11 is 0. The van der Waals surface area contributed by atoms with Crippen LogP contribution in [0.2, 0.25) is 0 Å². The van der Waals surface area contributed by atoms with Crippen LogP contribution in [0, 0.1) is 5.92 Å². The number of rotatable bonds is 6. The zero-order valence-electron chi connectivity index (χ0n) is 10.5. The Kier molecular flexibility index (Phi) is 37.3. The van der Waals surface area contributed by atoms with E-state index in [9.17, 15) is 4.79 Å². The number of hydrogen-bond acceptors (Lipinski definition) is 3. The molecule has 0 aliphatic rings. The third kappa shape index (κ3) is 21.7. The third-order valence-corrected chi connectivity index (χ3v) is 2.08. The first kappa shape index (κ1) is 32.3. The van der Waals surface area contributed by atoms with Crippen LogP contribution in [-0.2, 0) is 20.7 Å². The topological polar surface area (TPSA) is 35.5 Å². The normalized spacial score (nSPS) is 9.10. The molecule has 128 valence electrons. The van der Waals surface area contributed by atoms with Crippen LogP contribution in [0.25, 0.3) is 0 Å². The average Bonchev–Trinajstić information content (AvgIpc) is 2.38. The molecular weight excluding hydrogens is 283 g/mol. The number of aldehydes is 1. The summed E-state index contributed by atoms with van der Waals surface area (Å²) in [7, 11) is 2.23. The van der Waals surface area contributed by atoms with E-state index < -0.39 is 0 Å². The highest BCUT2D eigenvalue weighted by Crippen LogP contribution is 2.01. The van der Waals surface area contributed by atoms with Gasteiger partial charge in [-0.15, -0.1) is 0 Å². The van der Waals surface area contributed by atoms with Crippen LogP contribution < -0.4 is 0 Å². The fourth-order valence-electron chi connectivity index (χ4n) is 1.01. The van der Waals surface area contributed by atoms with Crippen molar-refractivity contribution in [1.82, 2.24) is 0 Å².